The minimum atomic E-state index is -0.181. The van der Waals surface area contributed by atoms with Crippen LogP contribution in [0.1, 0.15) is 18.1 Å². The summed E-state index contributed by atoms with van der Waals surface area (Å²) in [5, 5.41) is 0. The van der Waals surface area contributed by atoms with E-state index in [1.807, 2.05) is 42.0 Å². The van der Waals surface area contributed by atoms with Gasteiger partial charge in [-0.3, -0.25) is 4.79 Å². The largest absolute Gasteiger partial charge is 0.466 e. The van der Waals surface area contributed by atoms with Gasteiger partial charge >= 0.3 is 5.97 Å². The molecular formula is C14H16N2O2. The molecule has 1 aromatic carbocycles. The van der Waals surface area contributed by atoms with Gasteiger partial charge in [-0.1, -0.05) is 24.3 Å². The summed E-state index contributed by atoms with van der Waals surface area (Å²) in [6, 6.07) is 7.97. The average molecular weight is 244 g/mol. The second-order valence-corrected chi connectivity index (χ2v) is 4.03. The van der Waals surface area contributed by atoms with E-state index in [1.54, 1.807) is 12.5 Å². The lowest BCUT2D eigenvalue weighted by molar-refractivity contribution is -0.142. The number of carbonyl (C=O) groups excluding carboxylic acids is 1. The number of aromatic nitrogens is 2. The van der Waals surface area contributed by atoms with Crippen molar-refractivity contribution in [2.24, 2.45) is 0 Å². The summed E-state index contributed by atoms with van der Waals surface area (Å²) >= 11 is 0. The minimum Gasteiger partial charge on any atom is -0.466 e. The molecular weight excluding hydrogens is 228 g/mol. The normalized spacial score (nSPS) is 10.3. The highest BCUT2D eigenvalue weighted by Gasteiger charge is 2.03. The first-order valence-corrected chi connectivity index (χ1v) is 5.97. The molecule has 2 rings (SSSR count). The van der Waals surface area contributed by atoms with E-state index in [4.69, 9.17) is 4.74 Å². The molecule has 1 heterocycles. The van der Waals surface area contributed by atoms with Gasteiger partial charge in [0.25, 0.3) is 0 Å². The summed E-state index contributed by atoms with van der Waals surface area (Å²) in [7, 11) is 0. The van der Waals surface area contributed by atoms with Gasteiger partial charge in [0, 0.05) is 18.9 Å². The number of ether oxygens (including phenoxy) is 1. The summed E-state index contributed by atoms with van der Waals surface area (Å²) < 4.78 is 6.91. The molecule has 94 valence electrons. The molecule has 1 aromatic heterocycles. The number of esters is 1. The maximum atomic E-state index is 11.3. The second-order valence-electron chi connectivity index (χ2n) is 4.03. The highest BCUT2D eigenvalue weighted by molar-refractivity contribution is 5.72. The van der Waals surface area contributed by atoms with Crippen LogP contribution in [0.15, 0.2) is 43.0 Å². The highest BCUT2D eigenvalue weighted by atomic mass is 16.5. The smallest absolute Gasteiger partial charge is 0.310 e. The fourth-order valence-electron chi connectivity index (χ4n) is 1.73. The van der Waals surface area contributed by atoms with Crippen molar-refractivity contribution < 1.29 is 9.53 Å². The van der Waals surface area contributed by atoms with Gasteiger partial charge in [0.15, 0.2) is 0 Å². The molecule has 2 aromatic rings. The van der Waals surface area contributed by atoms with Crippen LogP contribution in [-0.4, -0.2) is 22.1 Å². The molecule has 0 amide bonds. The maximum absolute atomic E-state index is 11.3. The first kappa shape index (κ1) is 12.4. The summed E-state index contributed by atoms with van der Waals surface area (Å²) in [4.78, 5) is 15.3. The first-order valence-electron chi connectivity index (χ1n) is 5.97. The van der Waals surface area contributed by atoms with E-state index in [-0.39, 0.29) is 5.97 Å². The predicted molar refractivity (Wildman–Crippen MR) is 68.1 cm³/mol. The van der Waals surface area contributed by atoms with Crippen LogP contribution in [0.4, 0.5) is 0 Å². The molecule has 0 saturated heterocycles. The lowest BCUT2D eigenvalue weighted by Gasteiger charge is -2.05. The summed E-state index contributed by atoms with van der Waals surface area (Å²) in [5.74, 6) is -0.181. The van der Waals surface area contributed by atoms with E-state index in [0.29, 0.717) is 13.0 Å². The predicted octanol–water partition coefficient (Wildman–Crippen LogP) is 2.04. The molecule has 0 unspecified atom stereocenters. The van der Waals surface area contributed by atoms with Crippen molar-refractivity contribution in [3.05, 3.63) is 54.1 Å². The lowest BCUT2D eigenvalue weighted by atomic mass is 10.1. The number of hydrogen-bond acceptors (Lipinski definition) is 3. The Balaban J connectivity index is 1.95. The Kier molecular flexibility index (Phi) is 4.12. The molecule has 0 atom stereocenters. The number of hydrogen-bond donors (Lipinski definition) is 0. The van der Waals surface area contributed by atoms with Crippen LogP contribution < -0.4 is 0 Å². The summed E-state index contributed by atoms with van der Waals surface area (Å²) in [5.41, 5.74) is 2.16. The Morgan fingerprint density at radius 2 is 2.00 bits per heavy atom. The Labute approximate surface area is 106 Å². The van der Waals surface area contributed by atoms with Crippen molar-refractivity contribution in [3.8, 4) is 0 Å². The zero-order valence-corrected chi connectivity index (χ0v) is 10.4. The Morgan fingerprint density at radius 3 is 2.61 bits per heavy atom. The fourth-order valence-corrected chi connectivity index (χ4v) is 1.73. The number of imidazole rings is 1. The average Bonchev–Trinajstić information content (AvgIpc) is 2.85. The van der Waals surface area contributed by atoms with E-state index in [2.05, 4.69) is 4.98 Å². The number of nitrogens with zero attached hydrogens (tertiary/aromatic N) is 2. The summed E-state index contributed by atoms with van der Waals surface area (Å²) in [6.07, 6.45) is 5.80. The van der Waals surface area contributed by atoms with Crippen LogP contribution in [0.5, 0.6) is 0 Å². The Bertz CT molecular complexity index is 489. The monoisotopic (exact) mass is 244 g/mol. The van der Waals surface area contributed by atoms with E-state index in [0.717, 1.165) is 12.1 Å². The van der Waals surface area contributed by atoms with Crippen molar-refractivity contribution in [2.75, 3.05) is 6.61 Å². The van der Waals surface area contributed by atoms with E-state index in [1.165, 1.54) is 5.56 Å². The van der Waals surface area contributed by atoms with Crippen molar-refractivity contribution in [3.63, 3.8) is 0 Å². The first-order chi connectivity index (χ1) is 8.78. The molecule has 4 nitrogen and oxygen atoms in total. The van der Waals surface area contributed by atoms with Crippen LogP contribution in [0.3, 0.4) is 0 Å². The zero-order valence-electron chi connectivity index (χ0n) is 10.4. The molecule has 0 aliphatic heterocycles. The van der Waals surface area contributed by atoms with Crippen molar-refractivity contribution in [2.45, 2.75) is 19.9 Å². The second kappa shape index (κ2) is 6.00. The van der Waals surface area contributed by atoms with Crippen molar-refractivity contribution in [1.82, 2.24) is 9.55 Å². The number of rotatable bonds is 5. The molecule has 0 bridgehead atoms. The fraction of sp³-hybridized carbons (Fsp3) is 0.286. The van der Waals surface area contributed by atoms with E-state index < -0.39 is 0 Å². The number of carbonyl (C=O) groups is 1. The quantitative estimate of drug-likeness (QED) is 0.756. The van der Waals surface area contributed by atoms with Crippen LogP contribution in [0, 0.1) is 0 Å². The summed E-state index contributed by atoms with van der Waals surface area (Å²) in [6.45, 7) is 3.03. The van der Waals surface area contributed by atoms with Crippen LogP contribution >= 0.6 is 0 Å². The topological polar surface area (TPSA) is 44.1 Å². The molecule has 0 aliphatic rings. The maximum Gasteiger partial charge on any atom is 0.310 e. The molecule has 4 heteroatoms. The minimum absolute atomic E-state index is 0.181. The molecule has 0 fully saturated rings. The molecule has 18 heavy (non-hydrogen) atoms. The third-order valence-electron chi connectivity index (χ3n) is 2.60. The zero-order chi connectivity index (χ0) is 12.8. The van der Waals surface area contributed by atoms with Gasteiger partial charge in [0.05, 0.1) is 19.4 Å². The Morgan fingerprint density at radius 1 is 1.28 bits per heavy atom. The van der Waals surface area contributed by atoms with Gasteiger partial charge in [-0.05, 0) is 18.1 Å². The van der Waals surface area contributed by atoms with E-state index >= 15 is 0 Å². The van der Waals surface area contributed by atoms with Crippen LogP contribution in [-0.2, 0) is 22.5 Å². The van der Waals surface area contributed by atoms with Crippen molar-refractivity contribution >= 4 is 5.97 Å². The van der Waals surface area contributed by atoms with Gasteiger partial charge in [-0.15, -0.1) is 0 Å². The SMILES string of the molecule is CCOC(=O)Cc1ccc(Cn2ccnc2)cc1. The van der Waals surface area contributed by atoms with Gasteiger partial charge < -0.3 is 9.30 Å². The standard InChI is InChI=1S/C14H16N2O2/c1-2-18-14(17)9-12-3-5-13(6-4-12)10-16-8-7-15-11-16/h3-8,11H,2,9-10H2,1H3. The molecule has 0 spiro atoms. The van der Waals surface area contributed by atoms with Crippen LogP contribution in [0.2, 0.25) is 0 Å². The van der Waals surface area contributed by atoms with Gasteiger partial charge in [-0.25, -0.2) is 4.98 Å². The van der Waals surface area contributed by atoms with Crippen molar-refractivity contribution in [1.29, 1.82) is 0 Å². The molecule has 0 radical (unpaired) electrons. The lowest BCUT2D eigenvalue weighted by Crippen LogP contribution is -2.07. The third-order valence-corrected chi connectivity index (χ3v) is 2.60. The molecule has 0 N–H and O–H groups in total. The van der Waals surface area contributed by atoms with Gasteiger partial charge in [0.2, 0.25) is 0 Å². The van der Waals surface area contributed by atoms with Gasteiger partial charge in [0.1, 0.15) is 0 Å². The highest BCUT2D eigenvalue weighted by Crippen LogP contribution is 2.07. The molecule has 0 saturated carbocycles. The van der Waals surface area contributed by atoms with E-state index in [9.17, 15) is 4.79 Å². The van der Waals surface area contributed by atoms with Gasteiger partial charge in [-0.2, -0.15) is 0 Å². The third kappa shape index (κ3) is 3.45. The Hall–Kier alpha value is -2.10. The van der Waals surface area contributed by atoms with Crippen LogP contribution in [0.25, 0.3) is 0 Å². The number of benzene rings is 1. The molecule has 0 aliphatic carbocycles.